The molecule has 0 radical (unpaired) electrons. The van der Waals surface area contributed by atoms with Crippen LogP contribution in [0.2, 0.25) is 5.02 Å². The molecular formula is C30H21ClN4Na4O17S5. The monoisotopic (exact) mass is 996 g/mol. The molecule has 5 aromatic rings. The number of hydrogen-bond donors (Lipinski definition) is 4. The average molecular weight is 997 g/mol. The Morgan fingerprint density at radius 2 is 1.18 bits per heavy atom. The maximum absolute atomic E-state index is 12.5. The molecule has 61 heavy (non-hydrogen) atoms. The summed E-state index contributed by atoms with van der Waals surface area (Å²) >= 11 is 6.27. The molecule has 0 heterocycles. The molecule has 0 bridgehead atoms. The van der Waals surface area contributed by atoms with Crippen LogP contribution in [0, 0.1) is 0 Å². The first kappa shape index (κ1) is 58.0. The molecule has 5 aromatic carbocycles. The first-order chi connectivity index (χ1) is 26.2. The maximum atomic E-state index is 12.5. The van der Waals surface area contributed by atoms with Crippen LogP contribution in [0.4, 0.5) is 34.1 Å². The van der Waals surface area contributed by atoms with Gasteiger partial charge in [0.1, 0.15) is 46.7 Å². The van der Waals surface area contributed by atoms with E-state index >= 15 is 0 Å². The van der Waals surface area contributed by atoms with Gasteiger partial charge >= 0.3 is 118 Å². The molecule has 5 rings (SSSR count). The molecule has 0 aromatic heterocycles. The third-order valence-electron chi connectivity index (χ3n) is 7.43. The summed E-state index contributed by atoms with van der Waals surface area (Å²) in [6.07, 6.45) is 0. The summed E-state index contributed by atoms with van der Waals surface area (Å²) in [6, 6.07) is 13.7. The summed E-state index contributed by atoms with van der Waals surface area (Å²) in [6.45, 7) is -0.993. The largest absolute Gasteiger partial charge is 1.00 e. The number of nitrogens with one attached hydrogen (secondary N) is 2. The number of halogens is 1. The van der Waals surface area contributed by atoms with Crippen LogP contribution >= 0.6 is 11.6 Å². The number of phenols is 2. The van der Waals surface area contributed by atoms with E-state index in [0.717, 1.165) is 36.4 Å². The quantitative estimate of drug-likeness (QED) is 0.0264. The second-order valence-electron chi connectivity index (χ2n) is 11.4. The molecule has 0 fully saturated rings. The van der Waals surface area contributed by atoms with Gasteiger partial charge in [0, 0.05) is 27.5 Å². The van der Waals surface area contributed by atoms with Crippen molar-refractivity contribution in [2.75, 3.05) is 23.0 Å². The molecule has 0 aliphatic heterocycles. The fourth-order valence-corrected chi connectivity index (χ4v) is 8.55. The van der Waals surface area contributed by atoms with E-state index in [2.05, 4.69) is 25.0 Å². The maximum Gasteiger partial charge on any atom is 1.00 e. The van der Waals surface area contributed by atoms with E-state index in [1.54, 1.807) is 0 Å². The van der Waals surface area contributed by atoms with Crippen molar-refractivity contribution in [1.29, 1.82) is 0 Å². The molecule has 0 aliphatic carbocycles. The van der Waals surface area contributed by atoms with Gasteiger partial charge in [0.2, 0.25) is 10.4 Å². The molecule has 0 atom stereocenters. The van der Waals surface area contributed by atoms with Crippen molar-refractivity contribution in [1.82, 2.24) is 0 Å². The third kappa shape index (κ3) is 15.3. The van der Waals surface area contributed by atoms with Gasteiger partial charge in [0.05, 0.1) is 43.8 Å². The van der Waals surface area contributed by atoms with Gasteiger partial charge in [0.15, 0.2) is 15.6 Å². The zero-order chi connectivity index (χ0) is 42.3. The van der Waals surface area contributed by atoms with E-state index in [4.69, 9.17) is 11.6 Å². The predicted octanol–water partition coefficient (Wildman–Crippen LogP) is -8.21. The van der Waals surface area contributed by atoms with E-state index in [9.17, 15) is 70.5 Å². The van der Waals surface area contributed by atoms with Gasteiger partial charge < -0.3 is 39.1 Å². The molecular weight excluding hydrogens is 976 g/mol. The van der Waals surface area contributed by atoms with E-state index in [1.165, 1.54) is 30.3 Å². The van der Waals surface area contributed by atoms with Crippen LogP contribution in [0.15, 0.2) is 109 Å². The van der Waals surface area contributed by atoms with Gasteiger partial charge in [0.25, 0.3) is 0 Å². The summed E-state index contributed by atoms with van der Waals surface area (Å²) in [4.78, 5) is -3.66. The summed E-state index contributed by atoms with van der Waals surface area (Å²) in [7, 11) is -25.4. The van der Waals surface area contributed by atoms with Gasteiger partial charge in [-0.05, 0) is 72.8 Å². The Kier molecular flexibility index (Phi) is 21.4. The minimum atomic E-state index is -5.80. The van der Waals surface area contributed by atoms with Crippen molar-refractivity contribution in [2.24, 2.45) is 10.2 Å². The standard InChI is InChI=1S/C30H25ClN4O17S5.4Na/c31-16-10-19(32-18-2-1-3-22(13-18)54(40,41)42)12-20(11-16)33-25-15-23(55(43,44)45)14-24-26(25)29(37)27(30(28(24)36)56(46,47)48)35-34-17-4-6-21(7-5-17)53(38,39)9-8-52-57(49,50)51;;;;/h1-7,10-15,32-33,36-37H,8-9H2,(H,40,41,42)(H,43,44,45)(H,46,47,48)(H,49,50,51);;;;/q;4*+1/p-4. The molecule has 21 nitrogen and oxygen atoms in total. The van der Waals surface area contributed by atoms with Crippen LogP contribution < -0.4 is 129 Å². The minimum Gasteiger partial charge on any atom is -0.744 e. The van der Waals surface area contributed by atoms with Crippen LogP contribution in [0.3, 0.4) is 0 Å². The second-order valence-corrected chi connectivity index (χ2v) is 19.1. The number of hydrogen-bond acceptors (Lipinski definition) is 21. The Balaban J connectivity index is 0.00000465. The van der Waals surface area contributed by atoms with Crippen molar-refractivity contribution in [3.05, 3.63) is 83.9 Å². The number of sulfone groups is 1. The third-order valence-corrected chi connectivity index (χ3v) is 12.3. The Morgan fingerprint density at radius 3 is 1.72 bits per heavy atom. The normalized spacial score (nSPS) is 12.1. The van der Waals surface area contributed by atoms with Crippen molar-refractivity contribution in [3.63, 3.8) is 0 Å². The van der Waals surface area contributed by atoms with Gasteiger partial charge in [-0.15, -0.1) is 5.11 Å². The number of azo groups is 1. The van der Waals surface area contributed by atoms with E-state index in [1.807, 2.05) is 0 Å². The van der Waals surface area contributed by atoms with Crippen LogP contribution in [0.5, 0.6) is 11.5 Å². The first-order valence-corrected chi connectivity index (χ1v) is 22.5. The second kappa shape index (κ2) is 22.5. The first-order valence-electron chi connectivity index (χ1n) is 15.0. The Labute approximate surface area is 442 Å². The van der Waals surface area contributed by atoms with Crippen molar-refractivity contribution in [2.45, 2.75) is 19.6 Å². The number of phenolic OH excluding ortho intramolecular Hbond substituents is 2. The summed E-state index contributed by atoms with van der Waals surface area (Å²) < 4.78 is 169. The predicted molar refractivity (Wildman–Crippen MR) is 194 cm³/mol. The van der Waals surface area contributed by atoms with Gasteiger partial charge in [-0.2, -0.15) is 5.11 Å². The van der Waals surface area contributed by atoms with Crippen LogP contribution in [0.1, 0.15) is 0 Å². The van der Waals surface area contributed by atoms with Gasteiger partial charge in [-0.3, -0.25) is 4.18 Å². The van der Waals surface area contributed by atoms with Crippen LogP contribution in [-0.4, -0.2) is 82.9 Å². The van der Waals surface area contributed by atoms with E-state index < -0.39 is 116 Å². The number of benzene rings is 5. The summed E-state index contributed by atoms with van der Waals surface area (Å²) in [5, 5.41) is 33.8. The summed E-state index contributed by atoms with van der Waals surface area (Å²) in [5.74, 6) is -3.60. The topological polar surface area (TPSA) is 361 Å². The van der Waals surface area contributed by atoms with Crippen molar-refractivity contribution in [3.8, 4) is 11.5 Å². The average Bonchev–Trinajstić information content (AvgIpc) is 3.07. The van der Waals surface area contributed by atoms with Crippen LogP contribution in [-0.2, 0) is 54.8 Å². The van der Waals surface area contributed by atoms with E-state index in [0.29, 0.717) is 12.1 Å². The Hall–Kier alpha value is -1.000. The van der Waals surface area contributed by atoms with Crippen molar-refractivity contribution < 1.29 is 193 Å². The number of aromatic hydroxyl groups is 2. The number of nitrogens with zero attached hydrogens (tertiary/aromatic N) is 2. The molecule has 0 saturated heterocycles. The number of fused-ring (bicyclic) bond motifs is 1. The molecule has 31 heteroatoms. The SMILES string of the molecule is O=S(=O)([O-])OCCS(=O)(=O)c1ccc(N=Nc2c(S(=O)(=O)[O-])c(O)c3cc(S(=O)(=O)[O-])cc(Nc4cc(Cl)cc(Nc5cccc(S(=O)(=O)[O-])c5)c4)c3c2O)cc1.[Na+].[Na+].[Na+].[Na+]. The molecule has 0 amide bonds. The van der Waals surface area contributed by atoms with Crippen molar-refractivity contribution >= 4 is 107 Å². The Bertz CT molecular complexity index is 3060. The molecule has 4 N–H and O–H groups in total. The number of rotatable bonds is 14. The minimum absolute atomic E-state index is 0. The Morgan fingerprint density at radius 1 is 0.607 bits per heavy atom. The van der Waals surface area contributed by atoms with Gasteiger partial charge in [-0.1, -0.05) is 17.7 Å². The smallest absolute Gasteiger partial charge is 0.744 e. The molecule has 0 saturated carbocycles. The fraction of sp³-hybridized carbons (Fsp3) is 0.0667. The molecule has 0 unspecified atom stereocenters. The molecule has 0 spiro atoms. The fourth-order valence-electron chi connectivity index (χ4n) is 5.07. The zero-order valence-corrected chi connectivity index (χ0v) is 44.6. The molecule has 304 valence electrons. The molecule has 0 aliphatic rings. The number of anilines is 4. The summed E-state index contributed by atoms with van der Waals surface area (Å²) in [5.41, 5.74) is -1.76. The zero-order valence-electron chi connectivity index (χ0n) is 31.8. The van der Waals surface area contributed by atoms with E-state index in [-0.39, 0.29) is 146 Å². The van der Waals surface area contributed by atoms with Gasteiger partial charge in [-0.25, -0.2) is 42.1 Å². The van der Waals surface area contributed by atoms with Crippen LogP contribution in [0.25, 0.3) is 10.8 Å².